The van der Waals surface area contributed by atoms with Gasteiger partial charge in [0.15, 0.2) is 0 Å². The molecule has 1 aromatic carbocycles. The molecule has 1 aromatic rings. The van der Waals surface area contributed by atoms with Crippen LogP contribution in [0.15, 0.2) is 18.2 Å². The van der Waals surface area contributed by atoms with Crippen LogP contribution in [0.1, 0.15) is 25.3 Å². The highest BCUT2D eigenvalue weighted by molar-refractivity contribution is 6.30. The lowest BCUT2D eigenvalue weighted by atomic mass is 9.94. The summed E-state index contributed by atoms with van der Waals surface area (Å²) >= 11 is 6.01. The summed E-state index contributed by atoms with van der Waals surface area (Å²) in [5.74, 6) is 0.794. The number of carbonyl (C=O) groups excluding carboxylic acids is 1. The van der Waals surface area contributed by atoms with E-state index in [1.165, 1.54) is 0 Å². The van der Waals surface area contributed by atoms with Crippen molar-refractivity contribution in [3.05, 3.63) is 28.8 Å². The standard InChI is InChI=1S/C16H21ClN2O2/c1-10-14(3-2-6-18-10)19-16(20)12-7-11-8-13(17)4-5-15(11)21-9-12/h4-5,8,10,12,14,18H,2-3,6-7,9H2,1H3,(H,19,20). The highest BCUT2D eigenvalue weighted by atomic mass is 35.5. The number of benzene rings is 1. The van der Waals surface area contributed by atoms with Crippen LogP contribution >= 0.6 is 11.6 Å². The molecule has 2 aliphatic heterocycles. The molecule has 1 saturated heterocycles. The first-order valence-corrected chi connectivity index (χ1v) is 7.96. The van der Waals surface area contributed by atoms with Crippen molar-refractivity contribution in [1.29, 1.82) is 0 Å². The van der Waals surface area contributed by atoms with E-state index in [0.717, 1.165) is 30.7 Å². The molecule has 1 amide bonds. The number of carbonyl (C=O) groups is 1. The average molecular weight is 309 g/mol. The SMILES string of the molecule is CC1NCCCC1NC(=O)C1COc2ccc(Cl)cc2C1. The molecule has 2 aliphatic rings. The molecule has 0 aliphatic carbocycles. The minimum atomic E-state index is -0.134. The zero-order valence-corrected chi connectivity index (χ0v) is 13.0. The maximum Gasteiger partial charge on any atom is 0.227 e. The third-order valence-corrected chi connectivity index (χ3v) is 4.62. The Morgan fingerprint density at radius 3 is 3.14 bits per heavy atom. The first kappa shape index (κ1) is 14.7. The fourth-order valence-electron chi connectivity index (χ4n) is 3.07. The Labute approximate surface area is 130 Å². The molecule has 3 atom stereocenters. The summed E-state index contributed by atoms with van der Waals surface area (Å²) in [4.78, 5) is 12.5. The van der Waals surface area contributed by atoms with Gasteiger partial charge in [-0.1, -0.05) is 11.6 Å². The Bertz CT molecular complexity index is 535. The van der Waals surface area contributed by atoms with E-state index in [9.17, 15) is 4.79 Å². The molecular formula is C16H21ClN2O2. The monoisotopic (exact) mass is 308 g/mol. The normalized spacial score (nSPS) is 28.4. The van der Waals surface area contributed by atoms with Gasteiger partial charge in [0.25, 0.3) is 0 Å². The number of nitrogens with one attached hydrogen (secondary N) is 2. The van der Waals surface area contributed by atoms with E-state index in [4.69, 9.17) is 16.3 Å². The second-order valence-electron chi connectivity index (χ2n) is 5.96. The number of fused-ring (bicyclic) bond motifs is 1. The van der Waals surface area contributed by atoms with Gasteiger partial charge in [0.2, 0.25) is 5.91 Å². The van der Waals surface area contributed by atoms with Crippen LogP contribution in [-0.2, 0) is 11.2 Å². The number of rotatable bonds is 2. The number of hydrogen-bond acceptors (Lipinski definition) is 3. The summed E-state index contributed by atoms with van der Waals surface area (Å²) in [6.07, 6.45) is 2.83. The fourth-order valence-corrected chi connectivity index (χ4v) is 3.27. The first-order valence-electron chi connectivity index (χ1n) is 7.58. The highest BCUT2D eigenvalue weighted by Crippen LogP contribution is 2.30. The summed E-state index contributed by atoms with van der Waals surface area (Å²) in [5, 5.41) is 7.25. The molecule has 0 saturated carbocycles. The molecule has 4 nitrogen and oxygen atoms in total. The molecule has 3 unspecified atom stereocenters. The zero-order chi connectivity index (χ0) is 14.8. The van der Waals surface area contributed by atoms with Crippen LogP contribution in [0.4, 0.5) is 0 Å². The van der Waals surface area contributed by atoms with Gasteiger partial charge >= 0.3 is 0 Å². The molecule has 2 N–H and O–H groups in total. The maximum absolute atomic E-state index is 12.5. The van der Waals surface area contributed by atoms with Gasteiger partial charge in [-0.25, -0.2) is 0 Å². The zero-order valence-electron chi connectivity index (χ0n) is 12.2. The van der Waals surface area contributed by atoms with E-state index in [-0.39, 0.29) is 17.9 Å². The van der Waals surface area contributed by atoms with Crippen LogP contribution in [0.3, 0.4) is 0 Å². The predicted octanol–water partition coefficient (Wildman–Crippen LogP) is 2.15. The fraction of sp³-hybridized carbons (Fsp3) is 0.562. The van der Waals surface area contributed by atoms with Crippen molar-refractivity contribution < 1.29 is 9.53 Å². The Morgan fingerprint density at radius 2 is 2.33 bits per heavy atom. The van der Waals surface area contributed by atoms with Crippen molar-refractivity contribution >= 4 is 17.5 Å². The maximum atomic E-state index is 12.5. The Hall–Kier alpha value is -1.26. The summed E-state index contributed by atoms with van der Waals surface area (Å²) in [6.45, 7) is 3.59. The lowest BCUT2D eigenvalue weighted by Gasteiger charge is -2.33. The Balaban J connectivity index is 1.63. The second-order valence-corrected chi connectivity index (χ2v) is 6.40. The van der Waals surface area contributed by atoms with Gasteiger partial charge in [0.05, 0.1) is 5.92 Å². The topological polar surface area (TPSA) is 50.4 Å². The number of ether oxygens (including phenoxy) is 1. The minimum Gasteiger partial charge on any atom is -0.492 e. The number of hydrogen-bond donors (Lipinski definition) is 2. The van der Waals surface area contributed by atoms with Crippen molar-refractivity contribution in [3.63, 3.8) is 0 Å². The number of halogens is 1. The molecular weight excluding hydrogens is 288 g/mol. The third-order valence-electron chi connectivity index (χ3n) is 4.39. The van der Waals surface area contributed by atoms with Crippen LogP contribution < -0.4 is 15.4 Å². The smallest absolute Gasteiger partial charge is 0.227 e. The summed E-state index contributed by atoms with van der Waals surface area (Å²) in [5.41, 5.74) is 1.02. The summed E-state index contributed by atoms with van der Waals surface area (Å²) in [6, 6.07) is 6.12. The predicted molar refractivity (Wildman–Crippen MR) is 82.8 cm³/mol. The van der Waals surface area contributed by atoms with E-state index >= 15 is 0 Å². The number of amides is 1. The lowest BCUT2D eigenvalue weighted by Crippen LogP contribution is -2.54. The van der Waals surface area contributed by atoms with Crippen LogP contribution in [0.5, 0.6) is 5.75 Å². The molecule has 5 heteroatoms. The highest BCUT2D eigenvalue weighted by Gasteiger charge is 2.29. The quantitative estimate of drug-likeness (QED) is 0.880. The van der Waals surface area contributed by atoms with E-state index < -0.39 is 0 Å². The third kappa shape index (κ3) is 3.33. The van der Waals surface area contributed by atoms with Gasteiger partial charge in [-0.15, -0.1) is 0 Å². The molecule has 114 valence electrons. The largest absolute Gasteiger partial charge is 0.492 e. The van der Waals surface area contributed by atoms with Crippen LogP contribution in [0.2, 0.25) is 5.02 Å². The van der Waals surface area contributed by atoms with Gasteiger partial charge in [0.1, 0.15) is 12.4 Å². The second kappa shape index (κ2) is 6.24. The van der Waals surface area contributed by atoms with Gasteiger partial charge in [-0.05, 0) is 56.5 Å². The van der Waals surface area contributed by atoms with E-state index in [0.29, 0.717) is 24.1 Å². The van der Waals surface area contributed by atoms with Gasteiger partial charge in [0, 0.05) is 17.1 Å². The van der Waals surface area contributed by atoms with Crippen molar-refractivity contribution in [2.75, 3.05) is 13.2 Å². The average Bonchev–Trinajstić information content (AvgIpc) is 2.48. The van der Waals surface area contributed by atoms with Crippen molar-refractivity contribution in [3.8, 4) is 5.75 Å². The minimum absolute atomic E-state index is 0.0844. The molecule has 3 rings (SSSR count). The van der Waals surface area contributed by atoms with Crippen molar-refractivity contribution in [2.24, 2.45) is 5.92 Å². The van der Waals surface area contributed by atoms with Crippen molar-refractivity contribution in [1.82, 2.24) is 10.6 Å². The van der Waals surface area contributed by atoms with E-state index in [1.807, 2.05) is 18.2 Å². The molecule has 0 aromatic heterocycles. The van der Waals surface area contributed by atoms with E-state index in [2.05, 4.69) is 17.6 Å². The molecule has 1 fully saturated rings. The van der Waals surface area contributed by atoms with Crippen LogP contribution in [0, 0.1) is 5.92 Å². The Kier molecular flexibility index (Phi) is 4.36. The lowest BCUT2D eigenvalue weighted by molar-refractivity contribution is -0.127. The molecule has 0 spiro atoms. The van der Waals surface area contributed by atoms with Crippen molar-refractivity contribution in [2.45, 2.75) is 38.3 Å². The molecule has 21 heavy (non-hydrogen) atoms. The molecule has 2 heterocycles. The number of piperidine rings is 1. The summed E-state index contributed by atoms with van der Waals surface area (Å²) in [7, 11) is 0. The van der Waals surface area contributed by atoms with Gasteiger partial charge in [-0.3, -0.25) is 4.79 Å². The molecule has 0 bridgehead atoms. The molecule has 0 radical (unpaired) electrons. The summed E-state index contributed by atoms with van der Waals surface area (Å²) < 4.78 is 5.69. The van der Waals surface area contributed by atoms with E-state index in [1.54, 1.807) is 0 Å². The van der Waals surface area contributed by atoms with Gasteiger partial charge in [-0.2, -0.15) is 0 Å². The van der Waals surface area contributed by atoms with Crippen LogP contribution in [0.25, 0.3) is 0 Å². The Morgan fingerprint density at radius 1 is 1.48 bits per heavy atom. The first-order chi connectivity index (χ1) is 10.1. The van der Waals surface area contributed by atoms with Crippen LogP contribution in [-0.4, -0.2) is 31.1 Å². The van der Waals surface area contributed by atoms with Gasteiger partial charge < -0.3 is 15.4 Å².